The number of carbonyl (C=O) groups is 4. The number of carbonyl (C=O) groups excluding carboxylic acids is 4. The molecule has 322 valence electrons. The Balaban J connectivity index is 1.28. The number of nitrogens with one attached hydrogen (secondary N) is 2. The Kier molecular flexibility index (Phi) is 13.5. The second-order valence-electron chi connectivity index (χ2n) is 16.3. The van der Waals surface area contributed by atoms with Crippen molar-refractivity contribution in [1.82, 2.24) is 9.97 Å². The first-order valence-corrected chi connectivity index (χ1v) is 22.6. The number of ketones is 4. The standard InChI is InChI=1S/C55H50N2O7/c1-3-5-7-9-11-17-33-63-53-43(31-29-35-21-19-27-41-45(35)51(60)39-25-15-13-23-37(39)49(41)58)47-48(57-55(62)56-47)44(54(53)64-34-18-12-10-8-6-4-2)32-30-36-22-20-28-42-46(36)52(61)40-26-16-14-24-38(40)50(42)59/h13-16,19-28H,3-12,17-18,33-34H2,1-2H3,(H2,56,57,62). The van der Waals surface area contributed by atoms with Crippen molar-refractivity contribution in [1.29, 1.82) is 0 Å². The van der Waals surface area contributed by atoms with E-state index in [9.17, 15) is 24.0 Å². The predicted molar refractivity (Wildman–Crippen MR) is 248 cm³/mol. The zero-order chi connectivity index (χ0) is 44.6. The van der Waals surface area contributed by atoms with Crippen LogP contribution in [0.5, 0.6) is 11.5 Å². The van der Waals surface area contributed by atoms with Gasteiger partial charge in [0, 0.05) is 55.6 Å². The number of H-pyrrole nitrogens is 2. The quantitative estimate of drug-likeness (QED) is 0.0730. The molecule has 2 N–H and O–H groups in total. The normalized spacial score (nSPS) is 12.4. The molecule has 0 atom stereocenters. The molecule has 0 amide bonds. The third-order valence-electron chi connectivity index (χ3n) is 11.9. The summed E-state index contributed by atoms with van der Waals surface area (Å²) < 4.78 is 13.4. The van der Waals surface area contributed by atoms with Gasteiger partial charge in [-0.3, -0.25) is 19.2 Å². The van der Waals surface area contributed by atoms with E-state index in [1.165, 1.54) is 0 Å². The molecule has 0 unspecified atom stereocenters. The van der Waals surface area contributed by atoms with Gasteiger partial charge >= 0.3 is 5.69 Å². The number of benzene rings is 5. The SMILES string of the molecule is CCCCCCCCOc1c(OCCCCCCCC)c(C#Cc2cccc3c2C(=O)c2ccccc2C3=O)c2[nH]c(=O)[nH]c2c1C#Cc1cccc2c1C(=O)c1ccccc1C2=O. The molecule has 9 heteroatoms. The Morgan fingerprint density at radius 3 is 1.17 bits per heavy atom. The number of unbranched alkanes of at least 4 members (excludes halogenated alkanes) is 10. The number of fused-ring (bicyclic) bond motifs is 5. The molecule has 0 saturated carbocycles. The van der Waals surface area contributed by atoms with E-state index in [1.807, 2.05) is 0 Å². The van der Waals surface area contributed by atoms with Gasteiger partial charge in [-0.15, -0.1) is 0 Å². The second-order valence-corrected chi connectivity index (χ2v) is 16.3. The summed E-state index contributed by atoms with van der Waals surface area (Å²) in [5.41, 5.74) is 3.80. The summed E-state index contributed by atoms with van der Waals surface area (Å²) in [5, 5.41) is 0. The summed E-state index contributed by atoms with van der Waals surface area (Å²) in [6.07, 6.45) is 12.4. The summed E-state index contributed by atoms with van der Waals surface area (Å²) in [6.45, 7) is 5.02. The molecule has 1 aromatic heterocycles. The molecule has 0 spiro atoms. The monoisotopic (exact) mass is 850 g/mol. The molecule has 0 saturated heterocycles. The maximum Gasteiger partial charge on any atom is 0.323 e. The number of aromatic nitrogens is 2. The van der Waals surface area contributed by atoms with Crippen LogP contribution in [0.1, 0.15) is 177 Å². The van der Waals surface area contributed by atoms with Crippen LogP contribution in [0.3, 0.4) is 0 Å². The minimum absolute atomic E-state index is 0.218. The van der Waals surface area contributed by atoms with Gasteiger partial charge in [0.25, 0.3) is 0 Å². The van der Waals surface area contributed by atoms with Gasteiger partial charge in [-0.05, 0) is 25.0 Å². The lowest BCUT2D eigenvalue weighted by Gasteiger charge is -2.19. The van der Waals surface area contributed by atoms with E-state index >= 15 is 0 Å². The van der Waals surface area contributed by atoms with Crippen molar-refractivity contribution in [2.45, 2.75) is 90.9 Å². The zero-order valence-corrected chi connectivity index (χ0v) is 36.3. The van der Waals surface area contributed by atoms with Gasteiger partial charge in [0.15, 0.2) is 34.6 Å². The lowest BCUT2D eigenvalue weighted by Crippen LogP contribution is -2.21. The van der Waals surface area contributed by atoms with E-state index < -0.39 is 5.69 Å². The summed E-state index contributed by atoms with van der Waals surface area (Å²) in [6, 6.07) is 23.7. The van der Waals surface area contributed by atoms with Gasteiger partial charge in [-0.1, -0.05) is 175 Å². The van der Waals surface area contributed by atoms with Crippen LogP contribution in [0.15, 0.2) is 89.7 Å². The van der Waals surface area contributed by atoms with E-state index in [1.54, 1.807) is 84.9 Å². The summed E-state index contributed by atoms with van der Waals surface area (Å²) in [7, 11) is 0. The Hall–Kier alpha value is -7.23. The largest absolute Gasteiger partial charge is 0.488 e. The van der Waals surface area contributed by atoms with Crippen molar-refractivity contribution in [3.05, 3.63) is 162 Å². The molecular formula is C55H50N2O7. The van der Waals surface area contributed by atoms with E-state index in [0.29, 0.717) is 68.8 Å². The Morgan fingerprint density at radius 1 is 0.406 bits per heavy atom. The first-order valence-electron chi connectivity index (χ1n) is 22.6. The maximum atomic E-state index is 14.0. The molecule has 0 fully saturated rings. The van der Waals surface area contributed by atoms with Gasteiger partial charge in [0.1, 0.15) is 0 Å². The van der Waals surface area contributed by atoms with E-state index in [-0.39, 0.29) is 56.9 Å². The molecule has 5 aromatic carbocycles. The molecule has 2 aliphatic rings. The van der Waals surface area contributed by atoms with Crippen LogP contribution in [0.25, 0.3) is 11.0 Å². The van der Waals surface area contributed by atoms with Gasteiger partial charge < -0.3 is 19.4 Å². The fourth-order valence-corrected chi connectivity index (χ4v) is 8.60. The third kappa shape index (κ3) is 8.72. The predicted octanol–water partition coefficient (Wildman–Crippen LogP) is 10.7. The topological polar surface area (TPSA) is 135 Å². The van der Waals surface area contributed by atoms with E-state index in [0.717, 1.165) is 77.0 Å². The molecule has 2 aliphatic carbocycles. The Morgan fingerprint density at radius 2 is 0.766 bits per heavy atom. The first kappa shape index (κ1) is 43.4. The highest BCUT2D eigenvalue weighted by atomic mass is 16.5. The van der Waals surface area contributed by atoms with Gasteiger partial charge in [0.05, 0.1) is 35.4 Å². The molecule has 6 aromatic rings. The number of ether oxygens (including phenoxy) is 2. The van der Waals surface area contributed by atoms with Crippen molar-refractivity contribution in [2.75, 3.05) is 13.2 Å². The van der Waals surface area contributed by atoms with Crippen LogP contribution in [0, 0.1) is 23.7 Å². The van der Waals surface area contributed by atoms with Crippen molar-refractivity contribution < 1.29 is 28.7 Å². The fraction of sp³-hybridized carbons (Fsp3) is 0.291. The smallest absolute Gasteiger partial charge is 0.323 e. The number of hydrogen-bond donors (Lipinski definition) is 2. The number of hydrogen-bond acceptors (Lipinski definition) is 7. The highest BCUT2D eigenvalue weighted by Crippen LogP contribution is 2.41. The highest BCUT2D eigenvalue weighted by Gasteiger charge is 2.33. The second kappa shape index (κ2) is 19.9. The van der Waals surface area contributed by atoms with E-state index in [4.69, 9.17) is 9.47 Å². The Bertz CT molecular complexity index is 2800. The average Bonchev–Trinajstić information content (AvgIpc) is 3.71. The fourth-order valence-electron chi connectivity index (χ4n) is 8.60. The molecule has 8 rings (SSSR count). The van der Waals surface area contributed by atoms with Crippen molar-refractivity contribution in [3.8, 4) is 35.2 Å². The van der Waals surface area contributed by atoms with Crippen LogP contribution in [-0.4, -0.2) is 46.3 Å². The molecule has 64 heavy (non-hydrogen) atoms. The number of imidazole rings is 1. The van der Waals surface area contributed by atoms with Crippen molar-refractivity contribution >= 4 is 34.2 Å². The van der Waals surface area contributed by atoms with Crippen LogP contribution < -0.4 is 15.2 Å². The van der Waals surface area contributed by atoms with Crippen LogP contribution in [0.2, 0.25) is 0 Å². The van der Waals surface area contributed by atoms with Crippen LogP contribution >= 0.6 is 0 Å². The highest BCUT2D eigenvalue weighted by molar-refractivity contribution is 6.30. The minimum Gasteiger partial charge on any atom is -0.488 e. The Labute approximate surface area is 373 Å². The van der Waals surface area contributed by atoms with Gasteiger partial charge in [0.2, 0.25) is 0 Å². The van der Waals surface area contributed by atoms with Gasteiger partial charge in [-0.2, -0.15) is 0 Å². The van der Waals surface area contributed by atoms with Gasteiger partial charge in [-0.25, -0.2) is 4.79 Å². The molecule has 0 aliphatic heterocycles. The maximum absolute atomic E-state index is 14.0. The molecule has 0 bridgehead atoms. The van der Waals surface area contributed by atoms with Crippen molar-refractivity contribution in [3.63, 3.8) is 0 Å². The number of rotatable bonds is 16. The van der Waals surface area contributed by atoms with Crippen LogP contribution in [0.4, 0.5) is 0 Å². The molecule has 0 radical (unpaired) electrons. The first-order chi connectivity index (χ1) is 31.3. The molecule has 1 heterocycles. The summed E-state index contributed by atoms with van der Waals surface area (Å²) in [5.74, 6) is 12.4. The summed E-state index contributed by atoms with van der Waals surface area (Å²) >= 11 is 0. The molecule has 9 nitrogen and oxygen atoms in total. The van der Waals surface area contributed by atoms with Crippen LogP contribution in [-0.2, 0) is 0 Å². The third-order valence-corrected chi connectivity index (χ3v) is 11.9. The minimum atomic E-state index is -0.514. The lowest BCUT2D eigenvalue weighted by atomic mass is 9.82. The van der Waals surface area contributed by atoms with Crippen molar-refractivity contribution in [2.24, 2.45) is 0 Å². The molecular weight excluding hydrogens is 801 g/mol. The lowest BCUT2D eigenvalue weighted by molar-refractivity contribution is 0.0979. The van der Waals surface area contributed by atoms with E-state index in [2.05, 4.69) is 47.5 Å². The zero-order valence-electron chi connectivity index (χ0n) is 36.3. The average molecular weight is 851 g/mol. The summed E-state index contributed by atoms with van der Waals surface area (Å²) in [4.78, 5) is 74.4. The number of aromatic amines is 2.